The number of anilines is 1. The van der Waals surface area contributed by atoms with Crippen molar-refractivity contribution in [2.45, 2.75) is 32.7 Å². The van der Waals surface area contributed by atoms with Crippen LogP contribution in [0.4, 0.5) is 14.9 Å². The van der Waals surface area contributed by atoms with Crippen LogP contribution in [-0.2, 0) is 9.59 Å². The number of halogens is 1. The maximum atomic E-state index is 13.4. The first-order valence-electron chi connectivity index (χ1n) is 9.15. The van der Waals surface area contributed by atoms with Crippen LogP contribution < -0.4 is 4.90 Å². The van der Waals surface area contributed by atoms with Gasteiger partial charge in [0.25, 0.3) is 0 Å². The van der Waals surface area contributed by atoms with Crippen molar-refractivity contribution in [3.05, 3.63) is 58.9 Å². The molecule has 4 amide bonds. The van der Waals surface area contributed by atoms with E-state index in [2.05, 4.69) is 4.98 Å². The predicted molar refractivity (Wildman–Crippen MR) is 108 cm³/mol. The third-order valence-electron chi connectivity index (χ3n) is 4.93. The van der Waals surface area contributed by atoms with E-state index in [0.29, 0.717) is 26.8 Å². The zero-order valence-corrected chi connectivity index (χ0v) is 16.9. The maximum absolute atomic E-state index is 13.4. The zero-order chi connectivity index (χ0) is 20.9. The van der Waals surface area contributed by atoms with Crippen molar-refractivity contribution in [2.24, 2.45) is 0 Å². The lowest BCUT2D eigenvalue weighted by Gasteiger charge is -2.20. The van der Waals surface area contributed by atoms with E-state index in [0.717, 1.165) is 15.4 Å². The largest absolute Gasteiger partial charge is 0.339 e. The molecule has 1 aromatic heterocycles. The minimum atomic E-state index is -0.902. The van der Waals surface area contributed by atoms with E-state index in [1.54, 1.807) is 25.1 Å². The van der Waals surface area contributed by atoms with Gasteiger partial charge < -0.3 is 0 Å². The van der Waals surface area contributed by atoms with E-state index in [4.69, 9.17) is 0 Å². The fourth-order valence-corrected chi connectivity index (χ4v) is 4.30. The molecule has 4 rings (SSSR count). The van der Waals surface area contributed by atoms with Crippen LogP contribution in [0.3, 0.4) is 0 Å². The van der Waals surface area contributed by atoms with Crippen LogP contribution in [0.15, 0.2) is 42.5 Å². The van der Waals surface area contributed by atoms with Gasteiger partial charge in [-0.2, -0.15) is 0 Å². The number of aromatic nitrogens is 1. The first kappa shape index (κ1) is 19.2. The minimum Gasteiger partial charge on any atom is -0.263 e. The summed E-state index contributed by atoms with van der Waals surface area (Å²) in [5.74, 6) is -1.89. The Balaban J connectivity index is 1.66. The average molecular weight is 411 g/mol. The van der Waals surface area contributed by atoms with Crippen molar-refractivity contribution in [1.29, 1.82) is 0 Å². The second-order valence-electron chi connectivity index (χ2n) is 7.18. The van der Waals surface area contributed by atoms with E-state index < -0.39 is 23.9 Å². The van der Waals surface area contributed by atoms with E-state index in [1.165, 1.54) is 23.5 Å². The van der Waals surface area contributed by atoms with Gasteiger partial charge in [0.1, 0.15) is 10.8 Å². The molecule has 0 radical (unpaired) electrons. The molecule has 2 heterocycles. The number of imide groups is 2. The van der Waals surface area contributed by atoms with Crippen LogP contribution in [0, 0.1) is 5.82 Å². The third-order valence-corrected chi connectivity index (χ3v) is 6.12. The van der Waals surface area contributed by atoms with Gasteiger partial charge in [-0.05, 0) is 48.7 Å². The number of rotatable bonds is 4. The summed E-state index contributed by atoms with van der Waals surface area (Å²) in [5.41, 5.74) is 1.98. The summed E-state index contributed by atoms with van der Waals surface area (Å²) in [4.78, 5) is 44.3. The van der Waals surface area contributed by atoms with Crippen LogP contribution in [0.5, 0.6) is 0 Å². The van der Waals surface area contributed by atoms with Gasteiger partial charge in [-0.3, -0.25) is 9.59 Å². The number of urea groups is 1. The van der Waals surface area contributed by atoms with Crippen molar-refractivity contribution in [3.63, 3.8) is 0 Å². The van der Waals surface area contributed by atoms with E-state index in [9.17, 15) is 18.8 Å². The first-order chi connectivity index (χ1) is 13.8. The molecule has 0 saturated carbocycles. The smallest absolute Gasteiger partial charge is 0.263 e. The Bertz CT molecular complexity index is 1140. The number of benzene rings is 2. The molecule has 0 bridgehead atoms. The number of hydrogen-bond acceptors (Lipinski definition) is 5. The fourth-order valence-electron chi connectivity index (χ4n) is 3.26. The highest BCUT2D eigenvalue weighted by Gasteiger charge is 2.48. The second kappa shape index (κ2) is 7.04. The molecular weight excluding hydrogens is 393 g/mol. The molecule has 6 nitrogen and oxygen atoms in total. The Hall–Kier alpha value is -3.13. The minimum absolute atomic E-state index is 0.302. The van der Waals surface area contributed by atoms with Crippen molar-refractivity contribution >= 4 is 45.1 Å². The Morgan fingerprint density at radius 3 is 2.31 bits per heavy atom. The summed E-state index contributed by atoms with van der Waals surface area (Å²) in [6.07, 6.45) is 0. The van der Waals surface area contributed by atoms with E-state index >= 15 is 0 Å². The SMILES string of the molecule is CC(C)c1ccc(N2C(=O)C(=O)N(C(C)c3nc4ccc(F)cc4s3)C2=O)cc1. The molecule has 29 heavy (non-hydrogen) atoms. The number of amides is 4. The maximum Gasteiger partial charge on any atom is 0.339 e. The number of thiazole rings is 1. The van der Waals surface area contributed by atoms with Gasteiger partial charge in [0.2, 0.25) is 0 Å². The number of fused-ring (bicyclic) bond motifs is 1. The zero-order valence-electron chi connectivity index (χ0n) is 16.0. The van der Waals surface area contributed by atoms with Crippen molar-refractivity contribution in [3.8, 4) is 0 Å². The van der Waals surface area contributed by atoms with E-state index in [1.807, 2.05) is 26.0 Å². The number of carbonyl (C=O) groups excluding carboxylic acids is 3. The summed E-state index contributed by atoms with van der Waals surface area (Å²) >= 11 is 1.19. The number of carbonyl (C=O) groups is 3. The van der Waals surface area contributed by atoms with Crippen molar-refractivity contribution < 1.29 is 18.8 Å². The van der Waals surface area contributed by atoms with Crippen LogP contribution in [-0.4, -0.2) is 27.7 Å². The van der Waals surface area contributed by atoms with Gasteiger partial charge in [-0.25, -0.2) is 24.0 Å². The van der Waals surface area contributed by atoms with Gasteiger partial charge in [0.05, 0.1) is 21.9 Å². The van der Waals surface area contributed by atoms with Crippen molar-refractivity contribution in [2.75, 3.05) is 4.90 Å². The summed E-state index contributed by atoms with van der Waals surface area (Å²) < 4.78 is 14.1. The molecule has 0 N–H and O–H groups in total. The highest BCUT2D eigenvalue weighted by Crippen LogP contribution is 2.34. The molecule has 1 aliphatic rings. The van der Waals surface area contributed by atoms with E-state index in [-0.39, 0.29) is 5.82 Å². The lowest BCUT2D eigenvalue weighted by atomic mass is 10.0. The van der Waals surface area contributed by atoms with Gasteiger partial charge in [-0.15, -0.1) is 11.3 Å². The highest BCUT2D eigenvalue weighted by atomic mass is 32.1. The topological polar surface area (TPSA) is 70.6 Å². The standard InChI is InChI=1S/C21H18FN3O3S/c1-11(2)13-4-7-15(8-5-13)25-20(27)19(26)24(21(25)28)12(3)18-23-16-9-6-14(22)10-17(16)29-18/h4-12H,1-3H3. The predicted octanol–water partition coefficient (Wildman–Crippen LogP) is 4.62. The Labute approximate surface area is 170 Å². The Morgan fingerprint density at radius 1 is 0.966 bits per heavy atom. The molecule has 1 fully saturated rings. The Kier molecular flexibility index (Phi) is 4.66. The quantitative estimate of drug-likeness (QED) is 0.464. The van der Waals surface area contributed by atoms with Gasteiger partial charge in [0, 0.05) is 0 Å². The lowest BCUT2D eigenvalue weighted by Crippen LogP contribution is -2.35. The van der Waals surface area contributed by atoms with Crippen LogP contribution in [0.1, 0.15) is 43.3 Å². The van der Waals surface area contributed by atoms with Crippen molar-refractivity contribution in [1.82, 2.24) is 9.88 Å². The fraction of sp³-hybridized carbons (Fsp3) is 0.238. The molecule has 3 aromatic rings. The molecule has 2 aromatic carbocycles. The summed E-state index contributed by atoms with van der Waals surface area (Å²) in [7, 11) is 0. The average Bonchev–Trinajstić information content (AvgIpc) is 3.20. The summed E-state index contributed by atoms with van der Waals surface area (Å²) in [6.45, 7) is 5.71. The molecule has 0 spiro atoms. The van der Waals surface area contributed by atoms with Gasteiger partial charge in [-0.1, -0.05) is 26.0 Å². The highest BCUT2D eigenvalue weighted by molar-refractivity contribution is 7.18. The lowest BCUT2D eigenvalue weighted by molar-refractivity contribution is -0.140. The monoisotopic (exact) mass is 411 g/mol. The summed E-state index contributed by atoms with van der Waals surface area (Å²) in [6, 6.07) is 9.71. The van der Waals surface area contributed by atoms with Gasteiger partial charge in [0.15, 0.2) is 0 Å². The Morgan fingerprint density at radius 2 is 1.66 bits per heavy atom. The van der Waals surface area contributed by atoms with Gasteiger partial charge >= 0.3 is 17.8 Å². The summed E-state index contributed by atoms with van der Waals surface area (Å²) in [5, 5.41) is 0.456. The third kappa shape index (κ3) is 3.19. The second-order valence-corrected chi connectivity index (χ2v) is 8.25. The molecule has 8 heteroatoms. The molecule has 148 valence electrons. The molecule has 1 atom stereocenters. The molecule has 0 aliphatic carbocycles. The number of nitrogens with zero attached hydrogens (tertiary/aromatic N) is 3. The van der Waals surface area contributed by atoms with Crippen LogP contribution in [0.25, 0.3) is 10.2 Å². The molecule has 1 saturated heterocycles. The molecule has 1 aliphatic heterocycles. The normalized spacial score (nSPS) is 15.8. The van der Waals surface area contributed by atoms with Crippen LogP contribution >= 0.6 is 11.3 Å². The number of hydrogen-bond donors (Lipinski definition) is 0. The molecule has 1 unspecified atom stereocenters. The first-order valence-corrected chi connectivity index (χ1v) is 9.97. The molecular formula is C21H18FN3O3S. The van der Waals surface area contributed by atoms with Crippen LogP contribution in [0.2, 0.25) is 0 Å².